The molecule has 16 heavy (non-hydrogen) atoms. The second kappa shape index (κ2) is 4.37. The summed E-state index contributed by atoms with van der Waals surface area (Å²) in [4.78, 5) is 0. The minimum Gasteiger partial charge on any atom is -0.348 e. The molecule has 2 rings (SSSR count). The molecule has 2 fully saturated rings. The van der Waals surface area contributed by atoms with Crippen LogP contribution in [0.1, 0.15) is 39.5 Å². The van der Waals surface area contributed by atoms with Crippen LogP contribution in [-0.2, 0) is 9.47 Å². The minimum absolute atomic E-state index is 0.216. The number of nitrogens with one attached hydrogen (secondary N) is 1. The van der Waals surface area contributed by atoms with Crippen molar-refractivity contribution in [1.82, 2.24) is 5.32 Å². The molecule has 1 N–H and O–H groups in total. The highest BCUT2D eigenvalue weighted by atomic mass is 16.7. The molecule has 1 aliphatic carbocycles. The van der Waals surface area contributed by atoms with Gasteiger partial charge in [0.25, 0.3) is 0 Å². The Balaban J connectivity index is 1.84. The van der Waals surface area contributed by atoms with Gasteiger partial charge < -0.3 is 9.47 Å². The fourth-order valence-electron chi connectivity index (χ4n) is 2.54. The average Bonchev–Trinajstić information content (AvgIpc) is 2.71. The lowest BCUT2D eigenvalue weighted by Gasteiger charge is -2.38. The third-order valence-electron chi connectivity index (χ3n) is 3.49. The molecule has 0 bridgehead atoms. The van der Waals surface area contributed by atoms with E-state index in [1.165, 1.54) is 0 Å². The van der Waals surface area contributed by atoms with Crippen LogP contribution < -0.4 is 5.32 Å². The molecule has 3 heteroatoms. The zero-order valence-corrected chi connectivity index (χ0v) is 10.2. The molecule has 3 nitrogen and oxygen atoms in total. The van der Waals surface area contributed by atoms with E-state index in [1.807, 2.05) is 13.8 Å². The molecule has 0 atom stereocenters. The summed E-state index contributed by atoms with van der Waals surface area (Å²) in [5, 5.41) is 3.50. The highest BCUT2D eigenvalue weighted by Gasteiger charge is 2.40. The molecule has 0 amide bonds. The Morgan fingerprint density at radius 1 is 1.25 bits per heavy atom. The van der Waals surface area contributed by atoms with Crippen molar-refractivity contribution in [1.29, 1.82) is 0 Å². The first-order valence-electron chi connectivity index (χ1n) is 6.09. The summed E-state index contributed by atoms with van der Waals surface area (Å²) in [5.74, 6) is 2.51. The van der Waals surface area contributed by atoms with Crippen LogP contribution in [0.3, 0.4) is 0 Å². The van der Waals surface area contributed by atoms with Gasteiger partial charge in [-0.05, 0) is 26.7 Å². The molecule has 0 aromatic rings. The van der Waals surface area contributed by atoms with Crippen molar-refractivity contribution in [3.63, 3.8) is 0 Å². The SMILES string of the molecule is C#CC(C)(C)NC1CCC2(CC1)OCCO2. The van der Waals surface area contributed by atoms with Gasteiger partial charge in [0.15, 0.2) is 5.79 Å². The normalized spacial score (nSPS) is 25.8. The molecule has 90 valence electrons. The molecular formula is C13H21NO2. The molecule has 1 saturated heterocycles. The van der Waals surface area contributed by atoms with Crippen molar-refractivity contribution < 1.29 is 9.47 Å². The molecule has 0 radical (unpaired) electrons. The molecule has 0 aromatic carbocycles. The monoisotopic (exact) mass is 223 g/mol. The van der Waals surface area contributed by atoms with E-state index in [2.05, 4.69) is 11.2 Å². The van der Waals surface area contributed by atoms with Crippen LogP contribution >= 0.6 is 0 Å². The van der Waals surface area contributed by atoms with Crippen molar-refractivity contribution in [2.24, 2.45) is 0 Å². The largest absolute Gasteiger partial charge is 0.348 e. The van der Waals surface area contributed by atoms with Crippen LogP contribution in [0.15, 0.2) is 0 Å². The number of hydrogen-bond acceptors (Lipinski definition) is 3. The third-order valence-corrected chi connectivity index (χ3v) is 3.49. The summed E-state index contributed by atoms with van der Waals surface area (Å²) >= 11 is 0. The molecule has 1 heterocycles. The van der Waals surface area contributed by atoms with Gasteiger partial charge in [-0.2, -0.15) is 0 Å². The molecule has 2 aliphatic rings. The molecule has 1 saturated carbocycles. The maximum absolute atomic E-state index is 5.70. The molecule has 0 aromatic heterocycles. The first-order valence-corrected chi connectivity index (χ1v) is 6.09. The van der Waals surface area contributed by atoms with Crippen LogP contribution in [0.5, 0.6) is 0 Å². The number of terminal acetylenes is 1. The van der Waals surface area contributed by atoms with Crippen LogP contribution in [0.4, 0.5) is 0 Å². The Labute approximate surface area is 97.9 Å². The predicted octanol–water partition coefficient (Wildman–Crippen LogP) is 1.67. The Morgan fingerprint density at radius 2 is 1.81 bits per heavy atom. The average molecular weight is 223 g/mol. The smallest absolute Gasteiger partial charge is 0.168 e. The fraction of sp³-hybridized carbons (Fsp3) is 0.846. The summed E-state index contributed by atoms with van der Waals surface area (Å²) in [6, 6.07) is 0.490. The van der Waals surface area contributed by atoms with Crippen molar-refractivity contribution >= 4 is 0 Å². The lowest BCUT2D eigenvalue weighted by molar-refractivity contribution is -0.180. The highest BCUT2D eigenvalue weighted by Crippen LogP contribution is 2.36. The maximum atomic E-state index is 5.70. The van der Waals surface area contributed by atoms with Crippen molar-refractivity contribution in [3.8, 4) is 12.3 Å². The van der Waals surface area contributed by atoms with Crippen molar-refractivity contribution in [2.75, 3.05) is 13.2 Å². The van der Waals surface area contributed by atoms with Crippen molar-refractivity contribution in [3.05, 3.63) is 0 Å². The van der Waals surface area contributed by atoms with Gasteiger partial charge in [0.2, 0.25) is 0 Å². The quantitative estimate of drug-likeness (QED) is 0.722. The molecular weight excluding hydrogens is 202 g/mol. The number of hydrogen-bond donors (Lipinski definition) is 1. The van der Waals surface area contributed by atoms with E-state index >= 15 is 0 Å². The molecule has 1 aliphatic heterocycles. The van der Waals surface area contributed by atoms with Gasteiger partial charge in [-0.1, -0.05) is 5.92 Å². The summed E-state index contributed by atoms with van der Waals surface area (Å²) in [7, 11) is 0. The maximum Gasteiger partial charge on any atom is 0.168 e. The van der Waals surface area contributed by atoms with Gasteiger partial charge in [-0.15, -0.1) is 6.42 Å². The van der Waals surface area contributed by atoms with Crippen LogP contribution in [0, 0.1) is 12.3 Å². The van der Waals surface area contributed by atoms with Gasteiger partial charge in [0, 0.05) is 18.9 Å². The van der Waals surface area contributed by atoms with E-state index in [9.17, 15) is 0 Å². The zero-order chi connectivity index (χ0) is 11.6. The summed E-state index contributed by atoms with van der Waals surface area (Å²) < 4.78 is 11.4. The standard InChI is InChI=1S/C13H21NO2/c1-4-12(2,3)14-11-5-7-13(8-6-11)15-9-10-16-13/h1,11,14H,5-10H2,2-3H3. The zero-order valence-electron chi connectivity index (χ0n) is 10.2. The van der Waals surface area contributed by atoms with Crippen LogP contribution in [-0.4, -0.2) is 30.6 Å². The van der Waals surface area contributed by atoms with Gasteiger partial charge in [-0.25, -0.2) is 0 Å². The summed E-state index contributed by atoms with van der Waals surface area (Å²) in [6.07, 6.45) is 9.58. The Kier molecular flexibility index (Phi) is 3.25. The molecule has 0 unspecified atom stereocenters. The van der Waals surface area contributed by atoms with Crippen LogP contribution in [0.2, 0.25) is 0 Å². The lowest BCUT2D eigenvalue weighted by Crippen LogP contribution is -2.49. The van der Waals surface area contributed by atoms with E-state index in [0.29, 0.717) is 6.04 Å². The Bertz CT molecular complexity index is 277. The highest BCUT2D eigenvalue weighted by molar-refractivity contribution is 5.08. The second-order valence-corrected chi connectivity index (χ2v) is 5.30. The minimum atomic E-state index is -0.265. The third kappa shape index (κ3) is 2.57. The topological polar surface area (TPSA) is 30.5 Å². The lowest BCUT2D eigenvalue weighted by atomic mass is 9.88. The Morgan fingerprint density at radius 3 is 2.31 bits per heavy atom. The van der Waals surface area contributed by atoms with Crippen LogP contribution in [0.25, 0.3) is 0 Å². The summed E-state index contributed by atoms with van der Waals surface area (Å²) in [6.45, 7) is 5.57. The number of ether oxygens (including phenoxy) is 2. The fourth-order valence-corrected chi connectivity index (χ4v) is 2.54. The van der Waals surface area contributed by atoms with Gasteiger partial charge in [0.05, 0.1) is 18.8 Å². The van der Waals surface area contributed by atoms with Gasteiger partial charge >= 0.3 is 0 Å². The van der Waals surface area contributed by atoms with Gasteiger partial charge in [-0.3, -0.25) is 5.32 Å². The predicted molar refractivity (Wildman–Crippen MR) is 62.9 cm³/mol. The first-order chi connectivity index (χ1) is 7.55. The van der Waals surface area contributed by atoms with Gasteiger partial charge in [0.1, 0.15) is 0 Å². The van der Waals surface area contributed by atoms with E-state index in [-0.39, 0.29) is 11.3 Å². The van der Waals surface area contributed by atoms with E-state index in [4.69, 9.17) is 15.9 Å². The van der Waals surface area contributed by atoms with E-state index in [0.717, 1.165) is 38.9 Å². The molecule has 1 spiro atoms. The first kappa shape index (κ1) is 11.9. The Hall–Kier alpha value is -0.560. The number of rotatable bonds is 2. The van der Waals surface area contributed by atoms with E-state index < -0.39 is 0 Å². The summed E-state index contributed by atoms with van der Waals surface area (Å²) in [5.41, 5.74) is -0.216. The van der Waals surface area contributed by atoms with E-state index in [1.54, 1.807) is 0 Å². The van der Waals surface area contributed by atoms with Crippen molar-refractivity contribution in [2.45, 2.75) is 56.9 Å². The second-order valence-electron chi connectivity index (χ2n) is 5.30.